The van der Waals surface area contributed by atoms with Crippen molar-refractivity contribution in [2.75, 3.05) is 0 Å². The Labute approximate surface area is 113 Å². The lowest BCUT2D eigenvalue weighted by Gasteiger charge is -2.17. The summed E-state index contributed by atoms with van der Waals surface area (Å²) in [5, 5.41) is 0.476. The second-order valence-electron chi connectivity index (χ2n) is 4.32. The van der Waals surface area contributed by atoms with Crippen molar-refractivity contribution in [3.8, 4) is 10.6 Å². The van der Waals surface area contributed by atoms with E-state index in [9.17, 15) is 4.79 Å². The summed E-state index contributed by atoms with van der Waals surface area (Å²) in [7, 11) is 0. The summed E-state index contributed by atoms with van der Waals surface area (Å²) in [4.78, 5) is 16.6. The van der Waals surface area contributed by atoms with Gasteiger partial charge in [0.05, 0.1) is 26.7 Å². The molecule has 4 nitrogen and oxygen atoms in total. The van der Waals surface area contributed by atoms with E-state index in [0.29, 0.717) is 10.6 Å². The largest absolute Gasteiger partial charge is 0.365 e. The summed E-state index contributed by atoms with van der Waals surface area (Å²) in [6.07, 6.45) is 4.81. The first-order valence-electron chi connectivity index (χ1n) is 5.79. The maximum atomic E-state index is 11.6. The van der Waals surface area contributed by atoms with Crippen molar-refractivity contribution < 1.29 is 4.79 Å². The van der Waals surface area contributed by atoms with Crippen molar-refractivity contribution in [2.24, 2.45) is 5.73 Å². The number of aromatic nitrogens is 2. The van der Waals surface area contributed by atoms with Crippen molar-refractivity contribution in [2.45, 2.75) is 25.8 Å². The molecule has 0 aliphatic carbocycles. The van der Waals surface area contributed by atoms with Crippen molar-refractivity contribution >= 4 is 28.8 Å². The predicted molar refractivity (Wildman–Crippen MR) is 72.0 cm³/mol. The molecule has 0 unspecified atom stereocenters. The third kappa shape index (κ3) is 1.66. The number of rotatable bonds is 2. The van der Waals surface area contributed by atoms with Crippen molar-refractivity contribution in [1.82, 2.24) is 9.55 Å². The number of carbonyl (C=O) groups excluding carboxylic acids is 1. The summed E-state index contributed by atoms with van der Waals surface area (Å²) in [6, 6.07) is 0. The highest BCUT2D eigenvalue weighted by Gasteiger charge is 2.27. The molecule has 2 aromatic rings. The zero-order valence-corrected chi connectivity index (χ0v) is 11.2. The molecule has 2 aromatic heterocycles. The van der Waals surface area contributed by atoms with Gasteiger partial charge in [-0.2, -0.15) is 0 Å². The second kappa shape index (κ2) is 4.40. The SMILES string of the molecule is NC(=O)c1c(Cl)c(-c2cncs2)n2c1CCCC2. The van der Waals surface area contributed by atoms with E-state index in [4.69, 9.17) is 17.3 Å². The Morgan fingerprint density at radius 3 is 3.00 bits per heavy atom. The number of amides is 1. The first-order valence-corrected chi connectivity index (χ1v) is 7.05. The van der Waals surface area contributed by atoms with Crippen LogP contribution in [0.25, 0.3) is 10.6 Å². The Bertz CT molecular complexity index is 603. The van der Waals surface area contributed by atoms with E-state index >= 15 is 0 Å². The molecule has 94 valence electrons. The summed E-state index contributed by atoms with van der Waals surface area (Å²) in [6.45, 7) is 0.884. The highest BCUT2D eigenvalue weighted by molar-refractivity contribution is 7.13. The van der Waals surface area contributed by atoms with Crippen LogP contribution in [0, 0.1) is 0 Å². The van der Waals surface area contributed by atoms with Gasteiger partial charge in [-0.3, -0.25) is 9.78 Å². The van der Waals surface area contributed by atoms with Crippen LogP contribution in [0.4, 0.5) is 0 Å². The molecule has 1 aliphatic heterocycles. The number of carbonyl (C=O) groups is 1. The third-order valence-corrected chi connectivity index (χ3v) is 4.42. The molecule has 2 N–H and O–H groups in total. The number of primary amides is 1. The molecule has 3 heterocycles. The third-order valence-electron chi connectivity index (χ3n) is 3.27. The number of nitrogens with zero attached hydrogens (tertiary/aromatic N) is 2. The fourth-order valence-electron chi connectivity index (χ4n) is 2.53. The molecular formula is C12H12ClN3OS. The molecule has 1 amide bonds. The minimum Gasteiger partial charge on any atom is -0.365 e. The maximum absolute atomic E-state index is 11.6. The molecule has 0 fully saturated rings. The van der Waals surface area contributed by atoms with Crippen molar-refractivity contribution in [3.05, 3.63) is 28.0 Å². The van der Waals surface area contributed by atoms with Gasteiger partial charge in [0.1, 0.15) is 0 Å². The van der Waals surface area contributed by atoms with Crippen LogP contribution in [0.2, 0.25) is 5.02 Å². The van der Waals surface area contributed by atoms with Gasteiger partial charge in [-0.05, 0) is 19.3 Å². The Kier molecular flexibility index (Phi) is 2.87. The molecular weight excluding hydrogens is 270 g/mol. The fraction of sp³-hybridized carbons (Fsp3) is 0.333. The summed E-state index contributed by atoms with van der Waals surface area (Å²) in [5.74, 6) is -0.443. The highest BCUT2D eigenvalue weighted by Crippen LogP contribution is 2.39. The standard InChI is InChI=1S/C12H12ClN3OS/c13-10-9(12(14)17)7-3-1-2-4-16(7)11(10)8-5-15-6-18-8/h5-6H,1-4H2,(H2,14,17). The predicted octanol–water partition coefficient (Wildman–Crippen LogP) is 2.70. The van der Waals surface area contributed by atoms with E-state index in [-0.39, 0.29) is 0 Å². The minimum absolute atomic E-state index is 0.443. The van der Waals surface area contributed by atoms with Crippen LogP contribution in [0.5, 0.6) is 0 Å². The van der Waals surface area contributed by atoms with Gasteiger partial charge in [-0.15, -0.1) is 11.3 Å². The Morgan fingerprint density at radius 2 is 2.33 bits per heavy atom. The van der Waals surface area contributed by atoms with Crippen LogP contribution in [0.1, 0.15) is 28.9 Å². The van der Waals surface area contributed by atoms with Crippen LogP contribution < -0.4 is 5.73 Å². The summed E-state index contributed by atoms with van der Waals surface area (Å²) < 4.78 is 2.12. The lowest BCUT2D eigenvalue weighted by Crippen LogP contribution is -2.17. The number of halogens is 1. The second-order valence-corrected chi connectivity index (χ2v) is 5.59. The normalized spacial score (nSPS) is 14.5. The van der Waals surface area contributed by atoms with Gasteiger partial charge in [0, 0.05) is 18.4 Å². The van der Waals surface area contributed by atoms with Crippen LogP contribution >= 0.6 is 22.9 Å². The molecule has 0 bridgehead atoms. The number of thiazole rings is 1. The zero-order chi connectivity index (χ0) is 12.7. The number of hydrogen-bond acceptors (Lipinski definition) is 3. The van der Waals surface area contributed by atoms with Crippen LogP contribution in [-0.4, -0.2) is 15.5 Å². The van der Waals surface area contributed by atoms with E-state index < -0.39 is 5.91 Å². The average molecular weight is 282 g/mol. The highest BCUT2D eigenvalue weighted by atomic mass is 35.5. The first kappa shape index (κ1) is 11.7. The molecule has 6 heteroatoms. The summed E-state index contributed by atoms with van der Waals surface area (Å²) in [5.41, 5.74) is 9.57. The monoisotopic (exact) mass is 281 g/mol. The molecule has 0 saturated heterocycles. The topological polar surface area (TPSA) is 60.9 Å². The zero-order valence-electron chi connectivity index (χ0n) is 9.65. The molecule has 3 rings (SSSR count). The summed E-state index contributed by atoms with van der Waals surface area (Å²) >= 11 is 7.88. The molecule has 0 saturated carbocycles. The van der Waals surface area contributed by atoms with E-state index in [0.717, 1.165) is 42.1 Å². The Hall–Kier alpha value is -1.33. The first-order chi connectivity index (χ1) is 8.70. The lowest BCUT2D eigenvalue weighted by atomic mass is 10.1. The van der Waals surface area contributed by atoms with Crippen LogP contribution in [0.3, 0.4) is 0 Å². The maximum Gasteiger partial charge on any atom is 0.252 e. The molecule has 1 aliphatic rings. The van der Waals surface area contributed by atoms with Gasteiger partial charge in [-0.1, -0.05) is 11.6 Å². The van der Waals surface area contributed by atoms with Crippen LogP contribution in [-0.2, 0) is 13.0 Å². The van der Waals surface area contributed by atoms with Gasteiger partial charge >= 0.3 is 0 Å². The van der Waals surface area contributed by atoms with Crippen molar-refractivity contribution in [3.63, 3.8) is 0 Å². The Balaban J connectivity index is 2.29. The lowest BCUT2D eigenvalue weighted by molar-refractivity contribution is 0.0999. The average Bonchev–Trinajstić information content (AvgIpc) is 2.92. The Morgan fingerprint density at radius 1 is 1.50 bits per heavy atom. The van der Waals surface area contributed by atoms with Gasteiger partial charge in [0.25, 0.3) is 5.91 Å². The van der Waals surface area contributed by atoms with E-state index in [1.165, 1.54) is 11.3 Å². The quantitative estimate of drug-likeness (QED) is 0.920. The minimum atomic E-state index is -0.443. The van der Waals surface area contributed by atoms with Gasteiger partial charge in [0.2, 0.25) is 0 Å². The van der Waals surface area contributed by atoms with E-state index in [2.05, 4.69) is 9.55 Å². The van der Waals surface area contributed by atoms with Gasteiger partial charge < -0.3 is 10.3 Å². The molecule has 0 aromatic carbocycles. The fourth-order valence-corrected chi connectivity index (χ4v) is 3.67. The number of fused-ring (bicyclic) bond motifs is 1. The molecule has 0 atom stereocenters. The smallest absolute Gasteiger partial charge is 0.252 e. The number of hydrogen-bond donors (Lipinski definition) is 1. The van der Waals surface area contributed by atoms with E-state index in [1.807, 2.05) is 0 Å². The van der Waals surface area contributed by atoms with Crippen molar-refractivity contribution in [1.29, 1.82) is 0 Å². The molecule has 18 heavy (non-hydrogen) atoms. The molecule has 0 spiro atoms. The van der Waals surface area contributed by atoms with E-state index in [1.54, 1.807) is 11.7 Å². The van der Waals surface area contributed by atoms with Gasteiger partial charge in [0.15, 0.2) is 0 Å². The number of nitrogens with two attached hydrogens (primary N) is 1. The van der Waals surface area contributed by atoms with Gasteiger partial charge in [-0.25, -0.2) is 0 Å². The van der Waals surface area contributed by atoms with Crippen LogP contribution in [0.15, 0.2) is 11.7 Å². The molecule has 0 radical (unpaired) electrons.